The lowest BCUT2D eigenvalue weighted by molar-refractivity contribution is 0.165. The number of aryl methyl sites for hydroxylation is 3. The smallest absolute Gasteiger partial charge is 0.322 e. The molecule has 0 saturated carbocycles. The van der Waals surface area contributed by atoms with Crippen molar-refractivity contribution >= 4 is 11.7 Å². The Morgan fingerprint density at radius 3 is 2.48 bits per heavy atom. The number of anilines is 1. The largest absolute Gasteiger partial charge is 0.345 e. The number of amides is 2. The van der Waals surface area contributed by atoms with E-state index in [0.29, 0.717) is 0 Å². The van der Waals surface area contributed by atoms with Crippen molar-refractivity contribution < 1.29 is 4.79 Å². The number of nitrogens with zero attached hydrogens (tertiary/aromatic N) is 2. The van der Waals surface area contributed by atoms with Gasteiger partial charge in [0.05, 0.1) is 6.04 Å². The molecule has 23 heavy (non-hydrogen) atoms. The van der Waals surface area contributed by atoms with Crippen LogP contribution in [-0.2, 0) is 6.54 Å². The van der Waals surface area contributed by atoms with Crippen molar-refractivity contribution in [1.82, 2.24) is 9.47 Å². The van der Waals surface area contributed by atoms with E-state index in [1.54, 1.807) is 0 Å². The number of rotatable bonds is 2. The molecule has 1 aliphatic heterocycles. The minimum atomic E-state index is -0.00745. The van der Waals surface area contributed by atoms with Crippen LogP contribution in [0.25, 0.3) is 0 Å². The van der Waals surface area contributed by atoms with Gasteiger partial charge in [-0.25, -0.2) is 4.79 Å². The lowest BCUT2D eigenvalue weighted by Crippen LogP contribution is -2.44. The summed E-state index contributed by atoms with van der Waals surface area (Å²) in [5.74, 6) is 0. The van der Waals surface area contributed by atoms with Crippen molar-refractivity contribution in [2.45, 2.75) is 46.7 Å². The van der Waals surface area contributed by atoms with Gasteiger partial charge in [-0.3, -0.25) is 0 Å². The molecule has 0 saturated heterocycles. The van der Waals surface area contributed by atoms with E-state index in [0.717, 1.165) is 36.3 Å². The molecule has 2 aromatic rings. The van der Waals surface area contributed by atoms with Crippen LogP contribution in [0, 0.1) is 20.8 Å². The van der Waals surface area contributed by atoms with Crippen LogP contribution in [0.3, 0.4) is 0 Å². The summed E-state index contributed by atoms with van der Waals surface area (Å²) < 4.78 is 2.33. The lowest BCUT2D eigenvalue weighted by atomic mass is 10.1. The molecule has 3 rings (SSSR count). The molecular weight excluding hydrogens is 286 g/mol. The van der Waals surface area contributed by atoms with E-state index in [-0.39, 0.29) is 12.1 Å². The molecule has 1 aromatic heterocycles. The first-order valence-electron chi connectivity index (χ1n) is 8.31. The molecule has 0 bridgehead atoms. The number of carbonyl (C=O) groups is 1. The summed E-state index contributed by atoms with van der Waals surface area (Å²) in [6.45, 7) is 9.98. The van der Waals surface area contributed by atoms with Gasteiger partial charge in [0.2, 0.25) is 0 Å². The van der Waals surface area contributed by atoms with E-state index in [2.05, 4.69) is 41.9 Å². The fraction of sp³-hybridized carbons (Fsp3) is 0.421. The topological polar surface area (TPSA) is 37.3 Å². The summed E-state index contributed by atoms with van der Waals surface area (Å²) in [4.78, 5) is 14.7. The Hall–Kier alpha value is -2.23. The molecule has 2 amide bonds. The summed E-state index contributed by atoms with van der Waals surface area (Å²) in [7, 11) is 0. The van der Waals surface area contributed by atoms with Crippen LogP contribution in [0.1, 0.15) is 41.9 Å². The number of hydrogen-bond acceptors (Lipinski definition) is 1. The maximum absolute atomic E-state index is 12.8. The zero-order valence-electron chi connectivity index (χ0n) is 14.4. The van der Waals surface area contributed by atoms with Gasteiger partial charge in [0.25, 0.3) is 0 Å². The van der Waals surface area contributed by atoms with Gasteiger partial charge < -0.3 is 14.8 Å². The Labute approximate surface area is 138 Å². The second-order valence-corrected chi connectivity index (χ2v) is 6.48. The summed E-state index contributed by atoms with van der Waals surface area (Å²) in [6.07, 6.45) is 0.920. The van der Waals surface area contributed by atoms with E-state index < -0.39 is 0 Å². The van der Waals surface area contributed by atoms with Gasteiger partial charge >= 0.3 is 6.03 Å². The number of nitrogens with one attached hydrogen (secondary N) is 1. The highest BCUT2D eigenvalue weighted by Crippen LogP contribution is 2.30. The normalized spacial score (nSPS) is 17.0. The Morgan fingerprint density at radius 2 is 1.83 bits per heavy atom. The van der Waals surface area contributed by atoms with Crippen LogP contribution in [0.5, 0.6) is 0 Å². The van der Waals surface area contributed by atoms with Crippen molar-refractivity contribution in [2.24, 2.45) is 0 Å². The van der Waals surface area contributed by atoms with Crippen LogP contribution in [-0.4, -0.2) is 22.0 Å². The van der Waals surface area contributed by atoms with Gasteiger partial charge in [0, 0.05) is 30.2 Å². The van der Waals surface area contributed by atoms with Gasteiger partial charge in [0.15, 0.2) is 0 Å². The molecule has 0 unspecified atom stereocenters. The first kappa shape index (κ1) is 15.7. The van der Waals surface area contributed by atoms with E-state index >= 15 is 0 Å². The van der Waals surface area contributed by atoms with E-state index in [9.17, 15) is 4.79 Å². The fourth-order valence-electron chi connectivity index (χ4n) is 3.62. The minimum absolute atomic E-state index is 0.00745. The number of fused-ring (bicyclic) bond motifs is 1. The summed E-state index contributed by atoms with van der Waals surface area (Å²) in [5, 5.41) is 3.07. The SMILES string of the molecule is CC[C@H]1c2ccc(C)n2CCN1C(=O)Nc1cc(C)cc(C)c1. The fourth-order valence-corrected chi connectivity index (χ4v) is 3.62. The quantitative estimate of drug-likeness (QED) is 0.876. The standard InChI is InChI=1S/C19H25N3O/c1-5-17-18-7-6-15(4)21(18)8-9-22(17)19(23)20-16-11-13(2)10-14(3)12-16/h6-7,10-12,17H,5,8-9H2,1-4H3,(H,20,23)/t17-/m0/s1. The molecular formula is C19H25N3O. The number of urea groups is 1. The van der Waals surface area contributed by atoms with Crippen molar-refractivity contribution in [3.63, 3.8) is 0 Å². The summed E-state index contributed by atoms with van der Waals surface area (Å²) in [5.41, 5.74) is 5.71. The van der Waals surface area contributed by atoms with Gasteiger partial charge in [0.1, 0.15) is 0 Å². The summed E-state index contributed by atoms with van der Waals surface area (Å²) >= 11 is 0. The Bertz CT molecular complexity index is 712. The Kier molecular flexibility index (Phi) is 4.16. The monoisotopic (exact) mass is 311 g/mol. The molecule has 4 nitrogen and oxygen atoms in total. The second-order valence-electron chi connectivity index (χ2n) is 6.48. The maximum Gasteiger partial charge on any atom is 0.322 e. The molecule has 1 atom stereocenters. The number of carbonyl (C=O) groups excluding carboxylic acids is 1. The molecule has 2 heterocycles. The van der Waals surface area contributed by atoms with Gasteiger partial charge in [-0.1, -0.05) is 13.0 Å². The van der Waals surface area contributed by atoms with Crippen LogP contribution in [0.15, 0.2) is 30.3 Å². The van der Waals surface area contributed by atoms with Crippen LogP contribution in [0.2, 0.25) is 0 Å². The van der Waals surface area contributed by atoms with Gasteiger partial charge in [-0.05, 0) is 62.6 Å². The number of aromatic nitrogens is 1. The third-order valence-electron chi connectivity index (χ3n) is 4.64. The average molecular weight is 311 g/mol. The van der Waals surface area contributed by atoms with E-state index in [4.69, 9.17) is 0 Å². The molecule has 0 fully saturated rings. The Balaban J connectivity index is 1.82. The predicted molar refractivity (Wildman–Crippen MR) is 93.8 cm³/mol. The molecule has 0 aliphatic carbocycles. The molecule has 1 aliphatic rings. The van der Waals surface area contributed by atoms with E-state index in [1.807, 2.05) is 30.9 Å². The van der Waals surface area contributed by atoms with Crippen molar-refractivity contribution in [1.29, 1.82) is 0 Å². The van der Waals surface area contributed by atoms with Crippen molar-refractivity contribution in [3.05, 3.63) is 52.8 Å². The highest BCUT2D eigenvalue weighted by molar-refractivity contribution is 5.90. The first-order chi connectivity index (χ1) is 11.0. The molecule has 1 aromatic carbocycles. The third-order valence-corrected chi connectivity index (χ3v) is 4.64. The maximum atomic E-state index is 12.8. The average Bonchev–Trinajstić information content (AvgIpc) is 2.86. The Morgan fingerprint density at radius 1 is 1.13 bits per heavy atom. The molecule has 4 heteroatoms. The number of benzene rings is 1. The predicted octanol–water partition coefficient (Wildman–Crippen LogP) is 4.41. The molecule has 1 N–H and O–H groups in total. The van der Waals surface area contributed by atoms with E-state index in [1.165, 1.54) is 11.4 Å². The highest BCUT2D eigenvalue weighted by atomic mass is 16.2. The molecule has 122 valence electrons. The number of hydrogen-bond donors (Lipinski definition) is 1. The highest BCUT2D eigenvalue weighted by Gasteiger charge is 2.30. The second kappa shape index (κ2) is 6.11. The van der Waals surface area contributed by atoms with Crippen LogP contribution < -0.4 is 5.32 Å². The summed E-state index contributed by atoms with van der Waals surface area (Å²) in [6, 6.07) is 10.6. The van der Waals surface area contributed by atoms with Gasteiger partial charge in [-0.15, -0.1) is 0 Å². The third kappa shape index (κ3) is 2.98. The molecule has 0 spiro atoms. The first-order valence-corrected chi connectivity index (χ1v) is 8.31. The lowest BCUT2D eigenvalue weighted by Gasteiger charge is -2.37. The molecule has 0 radical (unpaired) electrons. The van der Waals surface area contributed by atoms with Gasteiger partial charge in [-0.2, -0.15) is 0 Å². The minimum Gasteiger partial charge on any atom is -0.345 e. The van der Waals surface area contributed by atoms with Crippen LogP contribution >= 0.6 is 0 Å². The van der Waals surface area contributed by atoms with Crippen molar-refractivity contribution in [3.8, 4) is 0 Å². The van der Waals surface area contributed by atoms with Crippen LogP contribution in [0.4, 0.5) is 10.5 Å². The zero-order valence-corrected chi connectivity index (χ0v) is 14.4. The van der Waals surface area contributed by atoms with Crippen molar-refractivity contribution in [2.75, 3.05) is 11.9 Å². The zero-order chi connectivity index (χ0) is 16.6.